The van der Waals surface area contributed by atoms with E-state index in [1.165, 1.54) is 6.07 Å². The van der Waals surface area contributed by atoms with Gasteiger partial charge in [-0.1, -0.05) is 24.3 Å². The lowest BCUT2D eigenvalue weighted by molar-refractivity contribution is -0.139. The number of hydrogen-bond donors (Lipinski definition) is 2. The molecule has 2 aromatic heterocycles. The molecule has 0 aliphatic heterocycles. The van der Waals surface area contributed by atoms with Gasteiger partial charge in [0, 0.05) is 40.7 Å². The van der Waals surface area contributed by atoms with Gasteiger partial charge in [-0.2, -0.15) is 0 Å². The fourth-order valence-corrected chi connectivity index (χ4v) is 4.35. The molecule has 37 heavy (non-hydrogen) atoms. The Morgan fingerprint density at radius 3 is 2.00 bits per heavy atom. The van der Waals surface area contributed by atoms with Gasteiger partial charge in [0.15, 0.2) is 0 Å². The van der Waals surface area contributed by atoms with Crippen molar-refractivity contribution < 1.29 is 27.9 Å². The Bertz CT molecular complexity index is 1670. The lowest BCUT2D eigenvalue weighted by atomic mass is 9.94. The van der Waals surface area contributed by atoms with Crippen molar-refractivity contribution in [1.29, 1.82) is 0 Å². The fraction of sp³-hybridized carbons (Fsp3) is 0.0714. The van der Waals surface area contributed by atoms with E-state index >= 15 is 0 Å². The summed E-state index contributed by atoms with van der Waals surface area (Å²) in [6.07, 6.45) is 2.96. The largest absolute Gasteiger partial charge is 0.480 e. The minimum absolute atomic E-state index is 0.179. The summed E-state index contributed by atoms with van der Waals surface area (Å²) in [6, 6.07) is 14.5. The number of carbonyl (C=O) groups is 2. The molecule has 1 atom stereocenters. The van der Waals surface area contributed by atoms with Crippen molar-refractivity contribution in [2.24, 2.45) is 0 Å². The van der Waals surface area contributed by atoms with Crippen LogP contribution >= 0.6 is 0 Å². The van der Waals surface area contributed by atoms with Gasteiger partial charge < -0.3 is 10.4 Å². The number of rotatable bonds is 6. The SMILES string of the molecule is O=C(N[C@@H](Cc1ccc(-c2ccc(F)c3cccnc23)c2ncccc12)C(=O)O)c1c(F)cccc1F. The van der Waals surface area contributed by atoms with Crippen LogP contribution in [0.2, 0.25) is 0 Å². The molecule has 0 aliphatic rings. The maximum absolute atomic E-state index is 14.4. The molecule has 6 nitrogen and oxygen atoms in total. The number of fused-ring (bicyclic) bond motifs is 2. The number of nitrogens with zero attached hydrogens (tertiary/aromatic N) is 2. The van der Waals surface area contributed by atoms with Crippen LogP contribution in [0.4, 0.5) is 13.2 Å². The first-order chi connectivity index (χ1) is 17.8. The second-order valence-electron chi connectivity index (χ2n) is 8.33. The highest BCUT2D eigenvalue weighted by molar-refractivity contribution is 6.03. The van der Waals surface area contributed by atoms with Crippen LogP contribution in [0.15, 0.2) is 79.1 Å². The van der Waals surface area contributed by atoms with E-state index in [1.54, 1.807) is 54.9 Å². The van der Waals surface area contributed by atoms with Crippen molar-refractivity contribution in [3.8, 4) is 11.1 Å². The minimum atomic E-state index is -1.48. The van der Waals surface area contributed by atoms with E-state index in [2.05, 4.69) is 15.3 Å². The molecule has 184 valence electrons. The Labute approximate surface area is 208 Å². The normalized spacial score (nSPS) is 12.0. The number of carboxylic acids is 1. The van der Waals surface area contributed by atoms with Gasteiger partial charge in [-0.05, 0) is 48.0 Å². The molecule has 0 saturated carbocycles. The number of aliphatic carboxylic acids is 1. The summed E-state index contributed by atoms with van der Waals surface area (Å²) in [5.74, 6) is -5.15. The molecule has 5 aromatic rings. The molecule has 3 aromatic carbocycles. The number of pyridine rings is 2. The van der Waals surface area contributed by atoms with Gasteiger partial charge in [0.25, 0.3) is 5.91 Å². The maximum Gasteiger partial charge on any atom is 0.326 e. The topological polar surface area (TPSA) is 92.2 Å². The van der Waals surface area contributed by atoms with Gasteiger partial charge in [0.2, 0.25) is 0 Å². The van der Waals surface area contributed by atoms with Crippen LogP contribution in [0.3, 0.4) is 0 Å². The lowest BCUT2D eigenvalue weighted by Gasteiger charge is -2.17. The number of carbonyl (C=O) groups excluding carboxylic acids is 1. The molecule has 9 heteroatoms. The lowest BCUT2D eigenvalue weighted by Crippen LogP contribution is -2.43. The van der Waals surface area contributed by atoms with Gasteiger partial charge in [0.1, 0.15) is 29.1 Å². The smallest absolute Gasteiger partial charge is 0.326 e. The molecule has 2 heterocycles. The summed E-state index contributed by atoms with van der Waals surface area (Å²) < 4.78 is 42.5. The van der Waals surface area contributed by atoms with Crippen molar-refractivity contribution in [1.82, 2.24) is 15.3 Å². The summed E-state index contributed by atoms with van der Waals surface area (Å²) in [5.41, 5.74) is 1.95. The number of nitrogens with one attached hydrogen (secondary N) is 1. The number of benzene rings is 3. The molecule has 2 N–H and O–H groups in total. The van der Waals surface area contributed by atoms with Crippen molar-refractivity contribution in [2.75, 3.05) is 0 Å². The Morgan fingerprint density at radius 2 is 1.35 bits per heavy atom. The third kappa shape index (κ3) is 4.47. The fourth-order valence-electron chi connectivity index (χ4n) is 4.35. The average Bonchev–Trinajstić information content (AvgIpc) is 2.89. The zero-order chi connectivity index (χ0) is 26.1. The number of carboxylic acid groups (broad SMARTS) is 1. The minimum Gasteiger partial charge on any atom is -0.480 e. The van der Waals surface area contributed by atoms with E-state index in [0.717, 1.165) is 18.2 Å². The number of hydrogen-bond acceptors (Lipinski definition) is 4. The molecule has 0 aliphatic carbocycles. The first kappa shape index (κ1) is 23.9. The van der Waals surface area contributed by atoms with Crippen LogP contribution in [-0.2, 0) is 11.2 Å². The van der Waals surface area contributed by atoms with E-state index in [4.69, 9.17) is 0 Å². The summed E-state index contributed by atoms with van der Waals surface area (Å²) >= 11 is 0. The van der Waals surface area contributed by atoms with Crippen molar-refractivity contribution in [2.45, 2.75) is 12.5 Å². The molecular weight excluding hydrogens is 483 g/mol. The number of halogens is 3. The van der Waals surface area contributed by atoms with Crippen LogP contribution in [-0.4, -0.2) is 33.0 Å². The molecule has 0 fully saturated rings. The highest BCUT2D eigenvalue weighted by Gasteiger charge is 2.26. The van der Waals surface area contributed by atoms with Gasteiger partial charge in [-0.25, -0.2) is 18.0 Å². The number of amides is 1. The van der Waals surface area contributed by atoms with Crippen LogP contribution in [0.5, 0.6) is 0 Å². The van der Waals surface area contributed by atoms with Gasteiger partial charge >= 0.3 is 5.97 Å². The van der Waals surface area contributed by atoms with E-state index in [0.29, 0.717) is 38.5 Å². The molecule has 0 spiro atoms. The monoisotopic (exact) mass is 501 g/mol. The maximum atomic E-state index is 14.4. The van der Waals surface area contributed by atoms with Crippen LogP contribution in [0, 0.1) is 17.5 Å². The second-order valence-corrected chi connectivity index (χ2v) is 8.33. The third-order valence-electron chi connectivity index (χ3n) is 6.08. The Balaban J connectivity index is 1.55. The average molecular weight is 501 g/mol. The second kappa shape index (κ2) is 9.69. The standard InChI is InChI=1S/C28H18F3N3O3/c29-20-11-10-18(26-19(20)5-3-13-33-26)17-9-8-15(16-4-2-12-32-25(16)17)14-23(28(36)37)34-27(35)24-21(30)6-1-7-22(24)31/h1-13,23H,14H2,(H,34,35)(H,36,37)/t23-/m0/s1. The summed E-state index contributed by atoms with van der Waals surface area (Å²) in [4.78, 5) is 33.3. The highest BCUT2D eigenvalue weighted by Crippen LogP contribution is 2.34. The first-order valence-corrected chi connectivity index (χ1v) is 11.2. The van der Waals surface area contributed by atoms with E-state index < -0.39 is 40.9 Å². The first-order valence-electron chi connectivity index (χ1n) is 11.2. The zero-order valence-corrected chi connectivity index (χ0v) is 19.1. The van der Waals surface area contributed by atoms with Gasteiger partial charge in [0.05, 0.1) is 11.0 Å². The van der Waals surface area contributed by atoms with E-state index in [1.807, 2.05) is 0 Å². The summed E-state index contributed by atoms with van der Waals surface area (Å²) in [7, 11) is 0. The van der Waals surface area contributed by atoms with Gasteiger partial charge in [-0.3, -0.25) is 14.8 Å². The molecule has 0 radical (unpaired) electrons. The highest BCUT2D eigenvalue weighted by atomic mass is 19.1. The van der Waals surface area contributed by atoms with Crippen LogP contribution in [0.25, 0.3) is 32.9 Å². The summed E-state index contributed by atoms with van der Waals surface area (Å²) in [5, 5.41) is 12.9. The predicted molar refractivity (Wildman–Crippen MR) is 131 cm³/mol. The Hall–Kier alpha value is -4.79. The molecule has 5 rings (SSSR count). The summed E-state index contributed by atoms with van der Waals surface area (Å²) in [6.45, 7) is 0. The van der Waals surface area contributed by atoms with Crippen LogP contribution in [0.1, 0.15) is 15.9 Å². The van der Waals surface area contributed by atoms with Crippen molar-refractivity contribution >= 4 is 33.7 Å². The Kier molecular flexibility index (Phi) is 6.27. The molecule has 1 amide bonds. The van der Waals surface area contributed by atoms with E-state index in [-0.39, 0.29) is 6.42 Å². The third-order valence-corrected chi connectivity index (χ3v) is 6.08. The predicted octanol–water partition coefficient (Wildman–Crippen LogP) is 5.29. The van der Waals surface area contributed by atoms with Gasteiger partial charge in [-0.15, -0.1) is 0 Å². The zero-order valence-electron chi connectivity index (χ0n) is 19.1. The molecule has 0 unspecified atom stereocenters. The molecule has 0 bridgehead atoms. The van der Waals surface area contributed by atoms with Crippen LogP contribution < -0.4 is 5.32 Å². The molecule has 0 saturated heterocycles. The molecular formula is C28H18F3N3O3. The number of aromatic nitrogens is 2. The van der Waals surface area contributed by atoms with Crippen molar-refractivity contribution in [3.05, 3.63) is 108 Å². The quantitative estimate of drug-likeness (QED) is 0.330. The van der Waals surface area contributed by atoms with Crippen molar-refractivity contribution in [3.63, 3.8) is 0 Å². The van der Waals surface area contributed by atoms with E-state index in [9.17, 15) is 27.9 Å². The Morgan fingerprint density at radius 1 is 0.757 bits per heavy atom.